The molecule has 0 spiro atoms. The van der Waals surface area contributed by atoms with Crippen LogP contribution in [0, 0.1) is 0 Å². The normalized spacial score (nSPS) is 14.2. The Kier molecular flexibility index (Phi) is 2.57. The second-order valence-corrected chi connectivity index (χ2v) is 4.26. The fraction of sp³-hybridized carbons (Fsp3) is 0.308. The molecule has 0 amide bonds. The Bertz CT molecular complexity index is 533. The highest BCUT2D eigenvalue weighted by Gasteiger charge is 2.12. The van der Waals surface area contributed by atoms with Crippen LogP contribution in [0.25, 0.3) is 11.3 Å². The summed E-state index contributed by atoms with van der Waals surface area (Å²) in [7, 11) is 0. The molecule has 0 unspecified atom stereocenters. The van der Waals surface area contributed by atoms with Crippen LogP contribution in [0.5, 0.6) is 5.75 Å². The molecule has 0 saturated heterocycles. The van der Waals surface area contributed by atoms with Crippen LogP contribution in [-0.2, 0) is 13.0 Å². The van der Waals surface area contributed by atoms with Crippen molar-refractivity contribution in [1.82, 2.24) is 10.2 Å². The van der Waals surface area contributed by atoms with E-state index in [1.807, 2.05) is 18.2 Å². The van der Waals surface area contributed by atoms with Gasteiger partial charge < -0.3 is 10.5 Å². The van der Waals surface area contributed by atoms with Crippen molar-refractivity contribution in [2.24, 2.45) is 5.73 Å². The molecule has 0 aliphatic carbocycles. The summed E-state index contributed by atoms with van der Waals surface area (Å²) in [4.78, 5) is 0. The third-order valence-corrected chi connectivity index (χ3v) is 3.06. The van der Waals surface area contributed by atoms with Gasteiger partial charge in [0.25, 0.3) is 0 Å². The van der Waals surface area contributed by atoms with Crippen molar-refractivity contribution in [2.75, 3.05) is 6.61 Å². The summed E-state index contributed by atoms with van der Waals surface area (Å²) in [6, 6.07) is 8.22. The van der Waals surface area contributed by atoms with Gasteiger partial charge in [-0.25, -0.2) is 0 Å². The molecule has 2 aromatic rings. The Balaban J connectivity index is 1.97. The molecule has 17 heavy (non-hydrogen) atoms. The topological polar surface area (TPSA) is 63.9 Å². The lowest BCUT2D eigenvalue weighted by Gasteiger charge is -2.17. The quantitative estimate of drug-likeness (QED) is 0.826. The van der Waals surface area contributed by atoms with Gasteiger partial charge in [-0.3, -0.25) is 5.10 Å². The number of benzene rings is 1. The van der Waals surface area contributed by atoms with E-state index in [0.29, 0.717) is 6.54 Å². The molecule has 4 nitrogen and oxygen atoms in total. The Morgan fingerprint density at radius 2 is 2.29 bits per heavy atom. The molecule has 1 aromatic carbocycles. The van der Waals surface area contributed by atoms with Crippen LogP contribution in [0.4, 0.5) is 0 Å². The van der Waals surface area contributed by atoms with Gasteiger partial charge in [-0.15, -0.1) is 0 Å². The number of ether oxygens (including phenoxy) is 1. The van der Waals surface area contributed by atoms with Crippen LogP contribution in [0.3, 0.4) is 0 Å². The summed E-state index contributed by atoms with van der Waals surface area (Å²) in [6.07, 6.45) is 2.17. The summed E-state index contributed by atoms with van der Waals surface area (Å²) in [5.41, 5.74) is 9.84. The standard InChI is InChI=1S/C13H15N3O/c14-8-11-7-12(16-15-11)9-3-4-13-10(6-9)2-1-5-17-13/h3-4,6-7H,1-2,5,8,14H2,(H,15,16). The van der Waals surface area contributed by atoms with Crippen molar-refractivity contribution in [3.8, 4) is 17.0 Å². The van der Waals surface area contributed by atoms with Gasteiger partial charge >= 0.3 is 0 Å². The van der Waals surface area contributed by atoms with Crippen molar-refractivity contribution in [3.63, 3.8) is 0 Å². The van der Waals surface area contributed by atoms with Crippen molar-refractivity contribution in [1.29, 1.82) is 0 Å². The van der Waals surface area contributed by atoms with Gasteiger partial charge in [-0.2, -0.15) is 5.10 Å². The number of nitrogens with one attached hydrogen (secondary N) is 1. The van der Waals surface area contributed by atoms with Gasteiger partial charge in [0.1, 0.15) is 5.75 Å². The van der Waals surface area contributed by atoms with Gasteiger partial charge in [0.05, 0.1) is 12.3 Å². The van der Waals surface area contributed by atoms with Gasteiger partial charge in [-0.1, -0.05) is 0 Å². The van der Waals surface area contributed by atoms with Crippen LogP contribution >= 0.6 is 0 Å². The van der Waals surface area contributed by atoms with Crippen molar-refractivity contribution in [3.05, 3.63) is 35.5 Å². The van der Waals surface area contributed by atoms with Crippen LogP contribution in [0.2, 0.25) is 0 Å². The average molecular weight is 229 g/mol. The lowest BCUT2D eigenvalue weighted by atomic mass is 10.0. The Labute approximate surface area is 99.8 Å². The van der Waals surface area contributed by atoms with Crippen LogP contribution in [0.15, 0.2) is 24.3 Å². The summed E-state index contributed by atoms with van der Waals surface area (Å²) in [5.74, 6) is 1.01. The van der Waals surface area contributed by atoms with E-state index in [1.165, 1.54) is 5.56 Å². The summed E-state index contributed by atoms with van der Waals surface area (Å²) < 4.78 is 5.59. The molecule has 1 aliphatic heterocycles. The minimum atomic E-state index is 0.487. The summed E-state index contributed by atoms with van der Waals surface area (Å²) in [5, 5.41) is 7.19. The molecule has 1 aliphatic rings. The number of H-pyrrole nitrogens is 1. The molecular formula is C13H15N3O. The molecule has 3 rings (SSSR count). The predicted molar refractivity (Wildman–Crippen MR) is 65.7 cm³/mol. The first-order valence-electron chi connectivity index (χ1n) is 5.87. The highest BCUT2D eigenvalue weighted by Crippen LogP contribution is 2.29. The highest BCUT2D eigenvalue weighted by atomic mass is 16.5. The first-order valence-corrected chi connectivity index (χ1v) is 5.87. The number of nitrogens with zero attached hydrogens (tertiary/aromatic N) is 1. The van der Waals surface area contributed by atoms with E-state index in [2.05, 4.69) is 16.3 Å². The summed E-state index contributed by atoms with van der Waals surface area (Å²) in [6.45, 7) is 1.31. The van der Waals surface area contributed by atoms with Gasteiger partial charge in [0, 0.05) is 17.8 Å². The number of hydrogen-bond donors (Lipinski definition) is 2. The molecule has 4 heteroatoms. The van der Waals surface area contributed by atoms with Crippen LogP contribution in [-0.4, -0.2) is 16.8 Å². The molecule has 3 N–H and O–H groups in total. The molecule has 1 aromatic heterocycles. The SMILES string of the molecule is NCc1cc(-c2ccc3c(c2)CCCO3)n[nH]1. The Morgan fingerprint density at radius 3 is 3.12 bits per heavy atom. The Morgan fingerprint density at radius 1 is 1.35 bits per heavy atom. The maximum absolute atomic E-state index is 5.59. The number of aryl methyl sites for hydroxylation is 1. The van der Waals surface area contributed by atoms with Crippen LogP contribution < -0.4 is 10.5 Å². The first kappa shape index (κ1) is 10.4. The molecule has 2 heterocycles. The number of hydrogen-bond acceptors (Lipinski definition) is 3. The number of fused-ring (bicyclic) bond motifs is 1. The fourth-order valence-corrected chi connectivity index (χ4v) is 2.13. The third-order valence-electron chi connectivity index (χ3n) is 3.06. The maximum atomic E-state index is 5.59. The van der Waals surface area contributed by atoms with E-state index in [-0.39, 0.29) is 0 Å². The first-order chi connectivity index (χ1) is 8.36. The van der Waals surface area contributed by atoms with Gasteiger partial charge in [0.15, 0.2) is 0 Å². The predicted octanol–water partition coefficient (Wildman–Crippen LogP) is 1.86. The van der Waals surface area contributed by atoms with E-state index < -0.39 is 0 Å². The van der Waals surface area contributed by atoms with Crippen LogP contribution in [0.1, 0.15) is 17.7 Å². The number of rotatable bonds is 2. The van der Waals surface area contributed by atoms with E-state index in [4.69, 9.17) is 10.5 Å². The molecule has 0 bridgehead atoms. The fourth-order valence-electron chi connectivity index (χ4n) is 2.13. The Hall–Kier alpha value is -1.81. The van der Waals surface area contributed by atoms with Gasteiger partial charge in [-0.05, 0) is 42.7 Å². The van der Waals surface area contributed by atoms with Gasteiger partial charge in [0.2, 0.25) is 0 Å². The lowest BCUT2D eigenvalue weighted by molar-refractivity contribution is 0.288. The van der Waals surface area contributed by atoms with Crippen molar-refractivity contribution in [2.45, 2.75) is 19.4 Å². The largest absolute Gasteiger partial charge is 0.493 e. The maximum Gasteiger partial charge on any atom is 0.122 e. The van der Waals surface area contributed by atoms with E-state index in [0.717, 1.165) is 42.1 Å². The number of aromatic amines is 1. The van der Waals surface area contributed by atoms with E-state index >= 15 is 0 Å². The zero-order valence-electron chi connectivity index (χ0n) is 9.57. The average Bonchev–Trinajstić information content (AvgIpc) is 2.87. The molecule has 0 fully saturated rings. The second kappa shape index (κ2) is 4.22. The monoisotopic (exact) mass is 229 g/mol. The van der Waals surface area contributed by atoms with E-state index in [1.54, 1.807) is 0 Å². The highest BCUT2D eigenvalue weighted by molar-refractivity contribution is 5.62. The molecule has 0 saturated carbocycles. The molecule has 88 valence electrons. The smallest absolute Gasteiger partial charge is 0.122 e. The second-order valence-electron chi connectivity index (χ2n) is 4.26. The zero-order valence-corrected chi connectivity index (χ0v) is 9.57. The number of nitrogens with two attached hydrogens (primary N) is 1. The summed E-state index contributed by atoms with van der Waals surface area (Å²) >= 11 is 0. The lowest BCUT2D eigenvalue weighted by Crippen LogP contribution is -2.08. The molecule has 0 atom stereocenters. The van der Waals surface area contributed by atoms with Crippen molar-refractivity contribution < 1.29 is 4.74 Å². The third kappa shape index (κ3) is 1.91. The minimum Gasteiger partial charge on any atom is -0.493 e. The zero-order chi connectivity index (χ0) is 11.7. The molecular weight excluding hydrogens is 214 g/mol. The van der Waals surface area contributed by atoms with Crippen molar-refractivity contribution >= 4 is 0 Å². The number of aromatic nitrogens is 2. The molecule has 0 radical (unpaired) electrons. The minimum absolute atomic E-state index is 0.487. The van der Waals surface area contributed by atoms with E-state index in [9.17, 15) is 0 Å².